The third-order valence-electron chi connectivity index (χ3n) is 2.38. The van der Waals surface area contributed by atoms with Crippen LogP contribution in [0.15, 0.2) is 12.2 Å². The van der Waals surface area contributed by atoms with Gasteiger partial charge < -0.3 is 19.3 Å². The van der Waals surface area contributed by atoms with E-state index in [9.17, 15) is 14.4 Å². The van der Waals surface area contributed by atoms with E-state index >= 15 is 0 Å². The fraction of sp³-hybridized carbons (Fsp3) is 0.643. The van der Waals surface area contributed by atoms with E-state index in [0.29, 0.717) is 6.61 Å². The first-order valence-corrected chi connectivity index (χ1v) is 6.73. The number of carbonyl (C=O) groups excluding carboxylic acids is 2. The molecule has 7 heteroatoms. The van der Waals surface area contributed by atoms with Gasteiger partial charge in [-0.3, -0.25) is 4.79 Å². The molecule has 0 aliphatic carbocycles. The number of carbonyl (C=O) groups is 3. The number of rotatable bonds is 11. The molecule has 0 radical (unpaired) electrons. The smallest absolute Gasteiger partial charge is 0.347 e. The fourth-order valence-corrected chi connectivity index (χ4v) is 1.21. The average molecular weight is 302 g/mol. The molecule has 0 aromatic rings. The molecule has 0 rings (SSSR count). The lowest BCUT2D eigenvalue weighted by Gasteiger charge is -2.13. The van der Waals surface area contributed by atoms with Crippen molar-refractivity contribution in [3.63, 3.8) is 0 Å². The fourth-order valence-electron chi connectivity index (χ4n) is 1.21. The van der Waals surface area contributed by atoms with Gasteiger partial charge >= 0.3 is 17.9 Å². The minimum Gasteiger partial charge on any atom is -0.481 e. The van der Waals surface area contributed by atoms with Crippen LogP contribution in [0, 0.1) is 0 Å². The van der Waals surface area contributed by atoms with E-state index in [-0.39, 0.29) is 18.8 Å². The van der Waals surface area contributed by atoms with Gasteiger partial charge in [0.2, 0.25) is 0 Å². The van der Waals surface area contributed by atoms with Gasteiger partial charge in [-0.1, -0.05) is 19.9 Å². The highest BCUT2D eigenvalue weighted by Gasteiger charge is 2.21. The summed E-state index contributed by atoms with van der Waals surface area (Å²) < 4.78 is 14.8. The van der Waals surface area contributed by atoms with Crippen molar-refractivity contribution in [2.24, 2.45) is 0 Å². The Balaban J connectivity index is 3.91. The van der Waals surface area contributed by atoms with Crippen molar-refractivity contribution in [2.45, 2.75) is 39.2 Å². The van der Waals surface area contributed by atoms with Crippen molar-refractivity contribution in [3.8, 4) is 0 Å². The Morgan fingerprint density at radius 1 is 1.19 bits per heavy atom. The van der Waals surface area contributed by atoms with Gasteiger partial charge in [-0.05, 0) is 13.3 Å². The Kier molecular flexibility index (Phi) is 9.87. The van der Waals surface area contributed by atoms with Crippen molar-refractivity contribution in [3.05, 3.63) is 12.2 Å². The molecule has 7 nitrogen and oxygen atoms in total. The molecule has 21 heavy (non-hydrogen) atoms. The van der Waals surface area contributed by atoms with Crippen LogP contribution in [0.4, 0.5) is 0 Å². The Morgan fingerprint density at radius 3 is 2.43 bits per heavy atom. The molecular formula is C14H22O7. The number of ether oxygens (including phenoxy) is 3. The largest absolute Gasteiger partial charge is 0.481 e. The summed E-state index contributed by atoms with van der Waals surface area (Å²) in [6.07, 6.45) is 0.297. The third-order valence-corrected chi connectivity index (χ3v) is 2.38. The summed E-state index contributed by atoms with van der Waals surface area (Å²) in [6, 6.07) is 0. The van der Waals surface area contributed by atoms with Crippen molar-refractivity contribution in [1.29, 1.82) is 0 Å². The minimum atomic E-state index is -1.20. The molecular weight excluding hydrogens is 280 g/mol. The first-order valence-electron chi connectivity index (χ1n) is 6.73. The minimum absolute atomic E-state index is 0.0700. The second-order valence-corrected chi connectivity index (χ2v) is 4.36. The summed E-state index contributed by atoms with van der Waals surface area (Å²) in [5, 5.41) is 8.51. The average Bonchev–Trinajstić information content (AvgIpc) is 2.41. The number of hydrogen-bond acceptors (Lipinski definition) is 6. The second kappa shape index (κ2) is 10.8. The molecule has 1 atom stereocenters. The number of carboxylic acid groups (broad SMARTS) is 1. The summed E-state index contributed by atoms with van der Waals surface area (Å²) in [4.78, 5) is 33.3. The Labute approximate surface area is 123 Å². The quantitative estimate of drug-likeness (QED) is 0.349. The predicted molar refractivity (Wildman–Crippen MR) is 73.6 cm³/mol. The lowest BCUT2D eigenvalue weighted by molar-refractivity contribution is -0.165. The second-order valence-electron chi connectivity index (χ2n) is 4.36. The number of unbranched alkanes of at least 4 members (excludes halogenated alkanes) is 1. The zero-order valence-corrected chi connectivity index (χ0v) is 12.4. The van der Waals surface area contributed by atoms with Crippen LogP contribution in [0.3, 0.4) is 0 Å². The molecule has 120 valence electrons. The van der Waals surface area contributed by atoms with Gasteiger partial charge in [-0.25, -0.2) is 9.59 Å². The van der Waals surface area contributed by atoms with E-state index in [4.69, 9.17) is 19.3 Å². The first-order chi connectivity index (χ1) is 9.88. The van der Waals surface area contributed by atoms with E-state index in [1.165, 1.54) is 6.92 Å². The third kappa shape index (κ3) is 9.61. The number of hydrogen-bond donors (Lipinski definition) is 1. The molecule has 0 aromatic heterocycles. The molecule has 0 aromatic carbocycles. The lowest BCUT2D eigenvalue weighted by atomic mass is 10.2. The number of carboxylic acids is 1. The molecule has 0 saturated heterocycles. The summed E-state index contributed by atoms with van der Waals surface area (Å²) in [5.41, 5.74) is -0.231. The van der Waals surface area contributed by atoms with E-state index < -0.39 is 30.4 Å². The molecule has 0 amide bonds. The Bertz CT molecular complexity index is 376. The van der Waals surface area contributed by atoms with Crippen molar-refractivity contribution < 1.29 is 33.7 Å². The van der Waals surface area contributed by atoms with Crippen LogP contribution in [0.25, 0.3) is 0 Å². The predicted octanol–water partition coefficient (Wildman–Crippen LogP) is 1.31. The molecule has 0 heterocycles. The van der Waals surface area contributed by atoms with Crippen LogP contribution in [0.5, 0.6) is 0 Å². The van der Waals surface area contributed by atoms with Crippen LogP contribution in [0.1, 0.15) is 33.1 Å². The van der Waals surface area contributed by atoms with Gasteiger partial charge in [0.25, 0.3) is 0 Å². The van der Waals surface area contributed by atoms with Gasteiger partial charge in [-0.2, -0.15) is 0 Å². The van der Waals surface area contributed by atoms with Gasteiger partial charge in [0.1, 0.15) is 6.61 Å². The van der Waals surface area contributed by atoms with Crippen LogP contribution >= 0.6 is 0 Å². The molecule has 0 spiro atoms. The van der Waals surface area contributed by atoms with E-state index in [1.807, 2.05) is 6.92 Å². The van der Waals surface area contributed by atoms with Crippen LogP contribution in [-0.4, -0.2) is 48.9 Å². The van der Waals surface area contributed by atoms with Crippen LogP contribution in [0.2, 0.25) is 0 Å². The maximum absolute atomic E-state index is 11.5. The topological polar surface area (TPSA) is 99.1 Å². The van der Waals surface area contributed by atoms with Crippen LogP contribution in [-0.2, 0) is 28.6 Å². The van der Waals surface area contributed by atoms with Crippen molar-refractivity contribution in [2.75, 3.05) is 19.8 Å². The maximum atomic E-state index is 11.5. The molecule has 0 fully saturated rings. The van der Waals surface area contributed by atoms with E-state index in [1.54, 1.807) is 0 Å². The van der Waals surface area contributed by atoms with Gasteiger partial charge in [0.05, 0.1) is 13.0 Å². The standard InChI is InChI=1S/C14H22O7/c1-4-5-6-19-7-8-20-14(18)11(3)21-13(17)10(2)9-12(15)16/h11H,2,4-9H2,1,3H3,(H,15,16). The van der Waals surface area contributed by atoms with E-state index in [2.05, 4.69) is 6.58 Å². The molecule has 0 aliphatic heterocycles. The highest BCUT2D eigenvalue weighted by atomic mass is 16.6. The zero-order valence-electron chi connectivity index (χ0n) is 12.4. The highest BCUT2D eigenvalue weighted by molar-refractivity contribution is 5.94. The van der Waals surface area contributed by atoms with Gasteiger partial charge in [0.15, 0.2) is 6.10 Å². The lowest BCUT2D eigenvalue weighted by Crippen LogP contribution is -2.28. The molecule has 1 N–H and O–H groups in total. The first kappa shape index (κ1) is 19.1. The Morgan fingerprint density at radius 2 is 1.86 bits per heavy atom. The highest BCUT2D eigenvalue weighted by Crippen LogP contribution is 2.05. The number of aliphatic carboxylic acids is 1. The van der Waals surface area contributed by atoms with E-state index in [0.717, 1.165) is 12.8 Å². The maximum Gasteiger partial charge on any atom is 0.347 e. The summed E-state index contributed by atoms with van der Waals surface area (Å²) in [7, 11) is 0. The normalized spacial score (nSPS) is 11.5. The Hall–Kier alpha value is -1.89. The summed E-state index contributed by atoms with van der Waals surface area (Å²) >= 11 is 0. The van der Waals surface area contributed by atoms with Crippen LogP contribution < -0.4 is 0 Å². The summed E-state index contributed by atoms with van der Waals surface area (Å²) in [5.74, 6) is -2.84. The summed E-state index contributed by atoms with van der Waals surface area (Å²) in [6.45, 7) is 7.61. The number of esters is 2. The zero-order chi connectivity index (χ0) is 16.3. The monoisotopic (exact) mass is 302 g/mol. The molecule has 0 bridgehead atoms. The van der Waals surface area contributed by atoms with Gasteiger partial charge in [-0.15, -0.1) is 0 Å². The molecule has 0 saturated carbocycles. The van der Waals surface area contributed by atoms with Gasteiger partial charge in [0, 0.05) is 12.2 Å². The molecule has 0 aliphatic rings. The van der Waals surface area contributed by atoms with Crippen molar-refractivity contribution >= 4 is 17.9 Å². The van der Waals surface area contributed by atoms with Crippen molar-refractivity contribution in [1.82, 2.24) is 0 Å². The SMILES string of the molecule is C=C(CC(=O)O)C(=O)OC(C)C(=O)OCCOCCCC. The molecule has 1 unspecified atom stereocenters.